The van der Waals surface area contributed by atoms with Crippen molar-refractivity contribution >= 4 is 28.9 Å². The van der Waals surface area contributed by atoms with E-state index in [1.807, 2.05) is 26.0 Å². The average Bonchev–Trinajstić information content (AvgIpc) is 2.70. The monoisotopic (exact) mass is 397 g/mol. The molecule has 29 heavy (non-hydrogen) atoms. The molecule has 0 aliphatic heterocycles. The maximum absolute atomic E-state index is 12.6. The molecule has 2 amide bonds. The summed E-state index contributed by atoms with van der Waals surface area (Å²) in [5.74, 6) is 0.291. The van der Waals surface area contributed by atoms with Gasteiger partial charge in [-0.05, 0) is 75.7 Å². The number of ether oxygens (including phenoxy) is 1. The highest BCUT2D eigenvalue weighted by Crippen LogP contribution is 2.23. The molecule has 0 aromatic heterocycles. The predicted molar refractivity (Wildman–Crippen MR) is 119 cm³/mol. The molecular formula is C23H31N3O3. The molecule has 156 valence electrons. The largest absolute Gasteiger partial charge is 0.494 e. The van der Waals surface area contributed by atoms with Crippen molar-refractivity contribution in [2.75, 3.05) is 41.4 Å². The Kier molecular flexibility index (Phi) is 8.07. The molecule has 1 N–H and O–H groups in total. The number of nitrogens with zero attached hydrogens (tertiary/aromatic N) is 2. The second-order valence-corrected chi connectivity index (χ2v) is 6.75. The fourth-order valence-corrected chi connectivity index (χ4v) is 3.18. The van der Waals surface area contributed by atoms with E-state index in [0.717, 1.165) is 35.8 Å². The summed E-state index contributed by atoms with van der Waals surface area (Å²) in [4.78, 5) is 28.4. The topological polar surface area (TPSA) is 61.9 Å². The third-order valence-electron chi connectivity index (χ3n) is 4.75. The Morgan fingerprint density at radius 1 is 0.966 bits per heavy atom. The van der Waals surface area contributed by atoms with Gasteiger partial charge < -0.3 is 19.9 Å². The van der Waals surface area contributed by atoms with Gasteiger partial charge in [0.1, 0.15) is 12.3 Å². The summed E-state index contributed by atoms with van der Waals surface area (Å²) in [5.41, 5.74) is 3.52. The molecule has 0 aliphatic rings. The number of rotatable bonds is 9. The lowest BCUT2D eigenvalue weighted by atomic mass is 10.1. The van der Waals surface area contributed by atoms with Crippen LogP contribution in [0, 0.1) is 6.92 Å². The van der Waals surface area contributed by atoms with Gasteiger partial charge in [-0.2, -0.15) is 0 Å². The van der Waals surface area contributed by atoms with E-state index < -0.39 is 0 Å². The first kappa shape index (κ1) is 22.3. The van der Waals surface area contributed by atoms with Crippen LogP contribution in [0.25, 0.3) is 0 Å². The fourth-order valence-electron chi connectivity index (χ4n) is 3.18. The Balaban J connectivity index is 2.10. The molecule has 0 spiro atoms. The van der Waals surface area contributed by atoms with Crippen molar-refractivity contribution in [3.8, 4) is 5.75 Å². The molecule has 0 atom stereocenters. The lowest BCUT2D eigenvalue weighted by Gasteiger charge is -2.23. The number of benzene rings is 2. The number of amides is 2. The lowest BCUT2D eigenvalue weighted by Crippen LogP contribution is -2.36. The van der Waals surface area contributed by atoms with Gasteiger partial charge in [0.25, 0.3) is 0 Å². The highest BCUT2D eigenvalue weighted by molar-refractivity contribution is 6.02. The minimum atomic E-state index is -0.243. The van der Waals surface area contributed by atoms with Crippen molar-refractivity contribution in [2.45, 2.75) is 34.6 Å². The molecule has 2 aromatic rings. The van der Waals surface area contributed by atoms with Crippen molar-refractivity contribution < 1.29 is 14.3 Å². The number of carbonyl (C=O) groups is 2. The van der Waals surface area contributed by atoms with E-state index in [9.17, 15) is 9.59 Å². The van der Waals surface area contributed by atoms with Crippen molar-refractivity contribution in [1.82, 2.24) is 0 Å². The molecule has 0 saturated carbocycles. The summed E-state index contributed by atoms with van der Waals surface area (Å²) in [5, 5.41) is 2.92. The van der Waals surface area contributed by atoms with Gasteiger partial charge in [0.05, 0.1) is 6.61 Å². The maximum atomic E-state index is 12.6. The third-order valence-corrected chi connectivity index (χ3v) is 4.75. The standard InChI is InChI=1S/C23H31N3O3/c1-6-25(7-2)20-11-14-22(17(4)15-20)24-23(28)16-26(18(5)27)19-9-12-21(13-10-19)29-8-3/h9-15H,6-8,16H2,1-5H3,(H,24,28). The van der Waals surface area contributed by atoms with E-state index in [4.69, 9.17) is 4.74 Å². The Bertz CT molecular complexity index is 830. The molecule has 0 saturated heterocycles. The van der Waals surface area contributed by atoms with Gasteiger partial charge in [0.2, 0.25) is 11.8 Å². The number of anilines is 3. The zero-order valence-electron chi connectivity index (χ0n) is 18.0. The van der Waals surface area contributed by atoms with Gasteiger partial charge in [-0.3, -0.25) is 9.59 Å². The second kappa shape index (κ2) is 10.5. The number of aryl methyl sites for hydroxylation is 1. The van der Waals surface area contributed by atoms with Crippen LogP contribution in [-0.4, -0.2) is 38.1 Å². The SMILES string of the molecule is CCOc1ccc(N(CC(=O)Nc2ccc(N(CC)CC)cc2C)C(C)=O)cc1. The Morgan fingerprint density at radius 2 is 1.59 bits per heavy atom. The minimum absolute atomic E-state index is 0.0550. The Labute approximate surface area is 173 Å². The molecule has 6 heteroatoms. The van der Waals surface area contributed by atoms with Crippen LogP contribution in [0.1, 0.15) is 33.3 Å². The molecule has 0 fully saturated rings. The summed E-state index contributed by atoms with van der Waals surface area (Å²) in [7, 11) is 0. The number of hydrogen-bond acceptors (Lipinski definition) is 4. The summed E-state index contributed by atoms with van der Waals surface area (Å²) in [6.07, 6.45) is 0. The van der Waals surface area contributed by atoms with Crippen LogP contribution >= 0.6 is 0 Å². The quantitative estimate of drug-likeness (QED) is 0.688. The van der Waals surface area contributed by atoms with Crippen molar-refractivity contribution in [1.29, 1.82) is 0 Å². The smallest absolute Gasteiger partial charge is 0.244 e. The highest BCUT2D eigenvalue weighted by Gasteiger charge is 2.17. The molecule has 0 heterocycles. The average molecular weight is 398 g/mol. The van der Waals surface area contributed by atoms with Crippen LogP contribution in [0.5, 0.6) is 5.75 Å². The van der Waals surface area contributed by atoms with Gasteiger partial charge in [0.15, 0.2) is 0 Å². The molecule has 0 aliphatic carbocycles. The zero-order chi connectivity index (χ0) is 21.4. The van der Waals surface area contributed by atoms with Crippen LogP contribution < -0.4 is 19.9 Å². The first-order valence-corrected chi connectivity index (χ1v) is 10.1. The fraction of sp³-hybridized carbons (Fsp3) is 0.391. The van der Waals surface area contributed by atoms with E-state index in [1.54, 1.807) is 24.3 Å². The van der Waals surface area contributed by atoms with Gasteiger partial charge in [-0.1, -0.05) is 0 Å². The molecule has 2 aromatic carbocycles. The van der Waals surface area contributed by atoms with Crippen LogP contribution in [0.15, 0.2) is 42.5 Å². The maximum Gasteiger partial charge on any atom is 0.244 e. The van der Waals surface area contributed by atoms with Crippen LogP contribution in [0.3, 0.4) is 0 Å². The molecule has 0 unspecified atom stereocenters. The molecule has 0 bridgehead atoms. The summed E-state index contributed by atoms with van der Waals surface area (Å²) >= 11 is 0. The van der Waals surface area contributed by atoms with Crippen molar-refractivity contribution in [3.05, 3.63) is 48.0 Å². The first-order valence-electron chi connectivity index (χ1n) is 10.1. The van der Waals surface area contributed by atoms with E-state index in [1.165, 1.54) is 11.8 Å². The summed E-state index contributed by atoms with van der Waals surface area (Å²) in [6.45, 7) is 11.9. The lowest BCUT2D eigenvalue weighted by molar-refractivity contribution is -0.120. The normalized spacial score (nSPS) is 10.4. The van der Waals surface area contributed by atoms with Gasteiger partial charge in [-0.15, -0.1) is 0 Å². The number of hydrogen-bond donors (Lipinski definition) is 1. The van der Waals surface area contributed by atoms with Crippen molar-refractivity contribution in [3.63, 3.8) is 0 Å². The van der Waals surface area contributed by atoms with Gasteiger partial charge in [0, 0.05) is 37.1 Å². The van der Waals surface area contributed by atoms with E-state index in [2.05, 4.69) is 30.1 Å². The number of nitrogens with one attached hydrogen (secondary N) is 1. The Morgan fingerprint density at radius 3 is 2.10 bits per heavy atom. The molecule has 2 rings (SSSR count). The number of carbonyl (C=O) groups excluding carboxylic acids is 2. The van der Waals surface area contributed by atoms with Crippen LogP contribution in [0.4, 0.5) is 17.1 Å². The minimum Gasteiger partial charge on any atom is -0.494 e. The summed E-state index contributed by atoms with van der Waals surface area (Å²) in [6, 6.07) is 13.1. The highest BCUT2D eigenvalue weighted by atomic mass is 16.5. The summed E-state index contributed by atoms with van der Waals surface area (Å²) < 4.78 is 5.43. The second-order valence-electron chi connectivity index (χ2n) is 6.75. The van der Waals surface area contributed by atoms with Gasteiger partial charge in [-0.25, -0.2) is 0 Å². The first-order chi connectivity index (χ1) is 13.9. The predicted octanol–water partition coefficient (Wildman–Crippen LogP) is 4.23. The van der Waals surface area contributed by atoms with Crippen LogP contribution in [0.2, 0.25) is 0 Å². The Hall–Kier alpha value is -3.02. The third kappa shape index (κ3) is 5.98. The molecule has 0 radical (unpaired) electrons. The van der Waals surface area contributed by atoms with Gasteiger partial charge >= 0.3 is 0 Å². The van der Waals surface area contributed by atoms with E-state index in [-0.39, 0.29) is 18.4 Å². The van der Waals surface area contributed by atoms with E-state index in [0.29, 0.717) is 12.3 Å². The zero-order valence-corrected chi connectivity index (χ0v) is 18.0. The van der Waals surface area contributed by atoms with E-state index >= 15 is 0 Å². The molecule has 6 nitrogen and oxygen atoms in total. The van der Waals surface area contributed by atoms with Crippen LogP contribution in [-0.2, 0) is 9.59 Å². The molecular weight excluding hydrogens is 366 g/mol. The van der Waals surface area contributed by atoms with Crippen molar-refractivity contribution in [2.24, 2.45) is 0 Å².